The van der Waals surface area contributed by atoms with Crippen LogP contribution in [0, 0.1) is 5.41 Å². The molecule has 4 rings (SSSR count). The van der Waals surface area contributed by atoms with Gasteiger partial charge in [0.25, 0.3) is 0 Å². The van der Waals surface area contributed by atoms with Crippen molar-refractivity contribution in [1.29, 1.82) is 0 Å². The molecule has 92 valence electrons. The van der Waals surface area contributed by atoms with Crippen molar-refractivity contribution < 1.29 is 0 Å². The number of nitrogens with zero attached hydrogens (tertiary/aromatic N) is 2. The van der Waals surface area contributed by atoms with Crippen molar-refractivity contribution in [3.63, 3.8) is 0 Å². The maximum absolute atomic E-state index is 4.91. The minimum atomic E-state index is 0.682. The van der Waals surface area contributed by atoms with Crippen LogP contribution in [0.4, 0.5) is 0 Å². The predicted octanol–water partition coefficient (Wildman–Crippen LogP) is 3.27. The summed E-state index contributed by atoms with van der Waals surface area (Å²) in [4.78, 5) is 4.91. The molecule has 0 unspecified atom stereocenters. The van der Waals surface area contributed by atoms with E-state index >= 15 is 0 Å². The Labute approximate surface area is 103 Å². The van der Waals surface area contributed by atoms with Gasteiger partial charge in [-0.05, 0) is 50.4 Å². The summed E-state index contributed by atoms with van der Waals surface area (Å²) in [5.41, 5.74) is 3.77. The normalized spacial score (nSPS) is 25.9. The molecule has 1 saturated carbocycles. The van der Waals surface area contributed by atoms with E-state index in [9.17, 15) is 0 Å². The third-order valence-corrected chi connectivity index (χ3v) is 5.37. The van der Waals surface area contributed by atoms with Gasteiger partial charge in [0.1, 0.15) is 5.82 Å². The summed E-state index contributed by atoms with van der Waals surface area (Å²) in [6, 6.07) is 0. The second kappa shape index (κ2) is 3.60. The van der Waals surface area contributed by atoms with Crippen LogP contribution in [0.15, 0.2) is 0 Å². The highest BCUT2D eigenvalue weighted by molar-refractivity contribution is 5.24. The van der Waals surface area contributed by atoms with Gasteiger partial charge in [-0.1, -0.05) is 12.8 Å². The average molecular weight is 230 g/mol. The molecule has 0 radical (unpaired) electrons. The molecule has 3 aliphatic rings. The van der Waals surface area contributed by atoms with Gasteiger partial charge in [-0.2, -0.15) is 0 Å². The van der Waals surface area contributed by atoms with E-state index in [1.54, 1.807) is 5.69 Å². The largest absolute Gasteiger partial charge is 0.332 e. The Balaban J connectivity index is 1.73. The van der Waals surface area contributed by atoms with Crippen LogP contribution in [0.5, 0.6) is 0 Å². The van der Waals surface area contributed by atoms with Crippen molar-refractivity contribution >= 4 is 0 Å². The van der Waals surface area contributed by atoms with Crippen LogP contribution >= 0.6 is 0 Å². The number of imidazole rings is 1. The van der Waals surface area contributed by atoms with Crippen molar-refractivity contribution in [3.05, 3.63) is 17.2 Å². The van der Waals surface area contributed by atoms with Crippen LogP contribution in [0.3, 0.4) is 0 Å². The van der Waals surface area contributed by atoms with Crippen LogP contribution < -0.4 is 0 Å². The van der Waals surface area contributed by atoms with E-state index in [4.69, 9.17) is 4.98 Å². The Morgan fingerprint density at radius 1 is 0.941 bits per heavy atom. The van der Waals surface area contributed by atoms with Gasteiger partial charge in [0, 0.05) is 18.7 Å². The van der Waals surface area contributed by atoms with Crippen molar-refractivity contribution in [2.45, 2.75) is 70.8 Å². The molecule has 2 heterocycles. The molecule has 0 saturated heterocycles. The molecule has 2 heteroatoms. The molecule has 17 heavy (non-hydrogen) atoms. The van der Waals surface area contributed by atoms with Crippen LogP contribution in [0.25, 0.3) is 0 Å². The lowest BCUT2D eigenvalue weighted by atomic mass is 9.73. The maximum atomic E-state index is 4.91. The lowest BCUT2D eigenvalue weighted by molar-refractivity contribution is 0.246. The highest BCUT2D eigenvalue weighted by atomic mass is 15.1. The molecule has 2 nitrogen and oxygen atoms in total. The first-order valence-corrected chi connectivity index (χ1v) is 7.44. The zero-order valence-corrected chi connectivity index (χ0v) is 10.7. The lowest BCUT2D eigenvalue weighted by Crippen LogP contribution is -2.27. The number of aromatic nitrogens is 2. The first kappa shape index (κ1) is 10.2. The van der Waals surface area contributed by atoms with E-state index in [-0.39, 0.29) is 0 Å². The van der Waals surface area contributed by atoms with Crippen molar-refractivity contribution in [1.82, 2.24) is 9.55 Å². The number of hydrogen-bond acceptors (Lipinski definition) is 1. The molecule has 1 fully saturated rings. The summed E-state index contributed by atoms with van der Waals surface area (Å²) in [6.45, 7) is 1.24. The van der Waals surface area contributed by atoms with E-state index in [1.165, 1.54) is 82.3 Å². The number of aryl methyl sites for hydroxylation is 2. The third kappa shape index (κ3) is 1.49. The van der Waals surface area contributed by atoms with Gasteiger partial charge >= 0.3 is 0 Å². The number of fused-ring (bicyclic) bond motifs is 3. The summed E-state index contributed by atoms with van der Waals surface area (Å²) in [5.74, 6) is 1.40. The zero-order chi connectivity index (χ0) is 11.3. The molecule has 1 aromatic heterocycles. The van der Waals surface area contributed by atoms with Gasteiger partial charge in [0.2, 0.25) is 0 Å². The molecule has 0 amide bonds. The monoisotopic (exact) mass is 230 g/mol. The average Bonchev–Trinajstić information content (AvgIpc) is 2.95. The van der Waals surface area contributed by atoms with Crippen molar-refractivity contribution in [3.8, 4) is 0 Å². The molecule has 1 aliphatic heterocycles. The SMILES string of the molecule is C1CCn2c(nc3c2CC2(CCCC2)CC3)C1. The molecular formula is C15H22N2. The zero-order valence-electron chi connectivity index (χ0n) is 10.7. The highest BCUT2D eigenvalue weighted by Crippen LogP contribution is 2.48. The van der Waals surface area contributed by atoms with Gasteiger partial charge in [-0.15, -0.1) is 0 Å². The molecule has 0 aromatic carbocycles. The van der Waals surface area contributed by atoms with Gasteiger partial charge in [-0.25, -0.2) is 4.98 Å². The van der Waals surface area contributed by atoms with E-state index in [1.807, 2.05) is 0 Å². The summed E-state index contributed by atoms with van der Waals surface area (Å²) in [5, 5.41) is 0. The fourth-order valence-corrected chi connectivity index (χ4v) is 4.38. The molecule has 2 aliphatic carbocycles. The molecule has 1 aromatic rings. The van der Waals surface area contributed by atoms with Crippen LogP contribution in [0.2, 0.25) is 0 Å². The van der Waals surface area contributed by atoms with Crippen molar-refractivity contribution in [2.24, 2.45) is 5.41 Å². The lowest BCUT2D eigenvalue weighted by Gasteiger charge is -2.33. The van der Waals surface area contributed by atoms with Crippen LogP contribution in [-0.4, -0.2) is 9.55 Å². The molecule has 0 N–H and O–H groups in total. The van der Waals surface area contributed by atoms with E-state index in [0.717, 1.165) is 0 Å². The minimum absolute atomic E-state index is 0.682. The summed E-state index contributed by atoms with van der Waals surface area (Å²) < 4.78 is 2.58. The van der Waals surface area contributed by atoms with E-state index in [0.29, 0.717) is 5.41 Å². The quantitative estimate of drug-likeness (QED) is 0.669. The van der Waals surface area contributed by atoms with Crippen LogP contribution in [0.1, 0.15) is 62.2 Å². The Morgan fingerprint density at radius 3 is 2.71 bits per heavy atom. The Hall–Kier alpha value is -0.790. The van der Waals surface area contributed by atoms with Gasteiger partial charge in [0.05, 0.1) is 5.69 Å². The van der Waals surface area contributed by atoms with Gasteiger partial charge in [0.15, 0.2) is 0 Å². The number of hydrogen-bond donors (Lipinski definition) is 0. The van der Waals surface area contributed by atoms with Gasteiger partial charge < -0.3 is 4.57 Å². The molecule has 0 bridgehead atoms. The molecular weight excluding hydrogens is 208 g/mol. The predicted molar refractivity (Wildman–Crippen MR) is 68.1 cm³/mol. The van der Waals surface area contributed by atoms with Crippen molar-refractivity contribution in [2.75, 3.05) is 0 Å². The Morgan fingerprint density at radius 2 is 1.82 bits per heavy atom. The second-order valence-electron chi connectivity index (χ2n) is 6.41. The fourth-order valence-electron chi connectivity index (χ4n) is 4.38. The highest BCUT2D eigenvalue weighted by Gasteiger charge is 2.39. The third-order valence-electron chi connectivity index (χ3n) is 5.37. The Kier molecular flexibility index (Phi) is 2.15. The summed E-state index contributed by atoms with van der Waals surface area (Å²) >= 11 is 0. The first-order chi connectivity index (χ1) is 8.36. The summed E-state index contributed by atoms with van der Waals surface area (Å²) in [6.07, 6.45) is 13.8. The second-order valence-corrected chi connectivity index (χ2v) is 6.41. The summed E-state index contributed by atoms with van der Waals surface area (Å²) in [7, 11) is 0. The topological polar surface area (TPSA) is 17.8 Å². The van der Waals surface area contributed by atoms with E-state index in [2.05, 4.69) is 4.57 Å². The standard InChI is InChI=1S/C15H22N2/c1-4-10-17-13-11-15(7-2-3-8-15)9-6-12(13)16-14(17)5-1/h1-11H2. The molecule has 0 atom stereocenters. The molecule has 1 spiro atoms. The Bertz CT molecular complexity index is 438. The van der Waals surface area contributed by atoms with Gasteiger partial charge in [-0.3, -0.25) is 0 Å². The first-order valence-electron chi connectivity index (χ1n) is 7.44. The smallest absolute Gasteiger partial charge is 0.109 e. The number of rotatable bonds is 0. The minimum Gasteiger partial charge on any atom is -0.332 e. The van der Waals surface area contributed by atoms with Crippen LogP contribution in [-0.2, 0) is 25.8 Å². The van der Waals surface area contributed by atoms with E-state index < -0.39 is 0 Å². The maximum Gasteiger partial charge on any atom is 0.109 e. The fraction of sp³-hybridized carbons (Fsp3) is 0.800.